The maximum atomic E-state index is 12.8. The van der Waals surface area contributed by atoms with Crippen LogP contribution in [0.5, 0.6) is 0 Å². The molecule has 0 aromatic heterocycles. The van der Waals surface area contributed by atoms with Crippen LogP contribution in [-0.4, -0.2) is 59.4 Å². The Morgan fingerprint density at radius 2 is 1.85 bits per heavy atom. The zero-order valence-corrected chi connectivity index (χ0v) is 15.6. The van der Waals surface area contributed by atoms with Crippen molar-refractivity contribution in [2.24, 2.45) is 0 Å². The van der Waals surface area contributed by atoms with Crippen molar-refractivity contribution in [2.75, 3.05) is 6.54 Å². The third kappa shape index (κ3) is 5.04. The second-order valence-corrected chi connectivity index (χ2v) is 8.31. The van der Waals surface area contributed by atoms with Crippen molar-refractivity contribution in [3.63, 3.8) is 0 Å². The predicted molar refractivity (Wildman–Crippen MR) is 94.5 cm³/mol. The summed E-state index contributed by atoms with van der Waals surface area (Å²) in [4.78, 5) is 34.5. The van der Waals surface area contributed by atoms with E-state index >= 15 is 0 Å². The predicted octanol–water partition coefficient (Wildman–Crippen LogP) is 0.582. The molecule has 9 nitrogen and oxygen atoms in total. The number of carboxylic acid groups (broad SMARTS) is 2. The Balaban J connectivity index is 2.16. The van der Waals surface area contributed by atoms with E-state index < -0.39 is 46.4 Å². The van der Waals surface area contributed by atoms with E-state index in [0.717, 1.165) is 9.87 Å². The van der Waals surface area contributed by atoms with Crippen LogP contribution in [0.4, 0.5) is 0 Å². The van der Waals surface area contributed by atoms with Crippen molar-refractivity contribution in [2.45, 2.75) is 49.6 Å². The lowest BCUT2D eigenvalue weighted by molar-refractivity contribution is -0.143. The highest BCUT2D eigenvalue weighted by molar-refractivity contribution is 7.89. The molecule has 0 radical (unpaired) electrons. The number of hydrogen-bond donors (Lipinski definition) is 3. The second-order valence-electron chi connectivity index (χ2n) is 6.42. The minimum Gasteiger partial charge on any atom is -0.481 e. The van der Waals surface area contributed by atoms with E-state index in [-0.39, 0.29) is 24.3 Å². The van der Waals surface area contributed by atoms with Crippen molar-refractivity contribution in [1.82, 2.24) is 9.62 Å². The topological polar surface area (TPSA) is 141 Å². The Kier molecular flexibility index (Phi) is 6.55. The first kappa shape index (κ1) is 20.8. The molecule has 1 aliphatic rings. The zero-order chi connectivity index (χ0) is 20.2. The third-order valence-electron chi connectivity index (χ3n) is 4.40. The van der Waals surface area contributed by atoms with Crippen molar-refractivity contribution in [3.05, 3.63) is 29.8 Å². The van der Waals surface area contributed by atoms with Gasteiger partial charge in [0.15, 0.2) is 0 Å². The number of nitrogens with zero attached hydrogens (tertiary/aromatic N) is 1. The van der Waals surface area contributed by atoms with E-state index in [0.29, 0.717) is 6.42 Å². The summed E-state index contributed by atoms with van der Waals surface area (Å²) in [6.07, 6.45) is 0.0272. The number of benzene rings is 1. The van der Waals surface area contributed by atoms with Gasteiger partial charge in [0.05, 0.1) is 4.90 Å². The number of carboxylic acids is 2. The van der Waals surface area contributed by atoms with E-state index in [4.69, 9.17) is 10.2 Å². The Morgan fingerprint density at radius 3 is 2.41 bits per heavy atom. The molecular formula is C17H22N2O7S. The van der Waals surface area contributed by atoms with Gasteiger partial charge in [0.2, 0.25) is 15.9 Å². The van der Waals surface area contributed by atoms with Crippen LogP contribution in [0.15, 0.2) is 29.2 Å². The molecule has 27 heavy (non-hydrogen) atoms. The molecule has 1 amide bonds. The molecule has 148 valence electrons. The molecule has 2 rings (SSSR count). The van der Waals surface area contributed by atoms with Crippen molar-refractivity contribution < 1.29 is 33.0 Å². The quantitative estimate of drug-likeness (QED) is 0.582. The van der Waals surface area contributed by atoms with Gasteiger partial charge >= 0.3 is 11.9 Å². The fraction of sp³-hybridized carbons (Fsp3) is 0.471. The summed E-state index contributed by atoms with van der Waals surface area (Å²) < 4.78 is 26.8. The maximum Gasteiger partial charge on any atom is 0.326 e. The number of carbonyl (C=O) groups is 3. The second kappa shape index (κ2) is 8.49. The molecule has 1 saturated heterocycles. The fourth-order valence-electron chi connectivity index (χ4n) is 2.93. The standard InChI is InChI=1S/C17H22N2O7S/c1-11-4-6-12(7-5-11)27(25,26)19-10-2-3-14(19)16(22)18-13(17(23)24)8-9-15(20)21/h4-7,13-14H,2-3,8-10H2,1H3,(H,18,22)(H,20,21)(H,23,24)/t13-,14-/m0/s1. The molecule has 0 spiro atoms. The Hall–Kier alpha value is -2.46. The van der Waals surface area contributed by atoms with E-state index in [9.17, 15) is 22.8 Å². The number of aryl methyl sites for hydroxylation is 1. The monoisotopic (exact) mass is 398 g/mol. The third-order valence-corrected chi connectivity index (χ3v) is 6.32. The van der Waals surface area contributed by atoms with Gasteiger partial charge in [-0.15, -0.1) is 0 Å². The number of sulfonamides is 1. The first-order chi connectivity index (χ1) is 12.6. The summed E-state index contributed by atoms with van der Waals surface area (Å²) in [5.41, 5.74) is 0.896. The van der Waals surface area contributed by atoms with Crippen LogP contribution in [-0.2, 0) is 24.4 Å². The molecule has 0 aliphatic carbocycles. The Labute approximate surface area is 157 Å². The van der Waals surface area contributed by atoms with E-state index in [1.807, 2.05) is 6.92 Å². The van der Waals surface area contributed by atoms with Crippen molar-refractivity contribution >= 4 is 27.9 Å². The highest BCUT2D eigenvalue weighted by Crippen LogP contribution is 2.26. The van der Waals surface area contributed by atoms with Gasteiger partial charge in [0.25, 0.3) is 0 Å². The van der Waals surface area contributed by atoms with Crippen molar-refractivity contribution in [1.29, 1.82) is 0 Å². The van der Waals surface area contributed by atoms with Crippen molar-refractivity contribution in [3.8, 4) is 0 Å². The van der Waals surface area contributed by atoms with E-state index in [2.05, 4.69) is 5.32 Å². The van der Waals surface area contributed by atoms with E-state index in [1.165, 1.54) is 12.1 Å². The van der Waals surface area contributed by atoms with Crippen LogP contribution in [0, 0.1) is 6.92 Å². The van der Waals surface area contributed by atoms with Gasteiger partial charge in [0, 0.05) is 13.0 Å². The summed E-state index contributed by atoms with van der Waals surface area (Å²) in [7, 11) is -3.90. The molecule has 3 N–H and O–H groups in total. The molecule has 1 heterocycles. The molecular weight excluding hydrogens is 376 g/mol. The lowest BCUT2D eigenvalue weighted by Gasteiger charge is -2.25. The van der Waals surface area contributed by atoms with Gasteiger partial charge in [-0.3, -0.25) is 9.59 Å². The summed E-state index contributed by atoms with van der Waals surface area (Å²) in [6.45, 7) is 1.98. The SMILES string of the molecule is Cc1ccc(S(=O)(=O)N2CCC[C@H]2C(=O)N[C@@H](CCC(=O)O)C(=O)O)cc1. The minimum absolute atomic E-state index is 0.0634. The van der Waals surface area contributed by atoms with E-state index in [1.54, 1.807) is 12.1 Å². The summed E-state index contributed by atoms with van der Waals surface area (Å²) in [5.74, 6) is -3.28. The highest BCUT2D eigenvalue weighted by atomic mass is 32.2. The Morgan fingerprint density at radius 1 is 1.22 bits per heavy atom. The zero-order valence-electron chi connectivity index (χ0n) is 14.8. The molecule has 1 aliphatic heterocycles. The number of nitrogens with one attached hydrogen (secondary N) is 1. The summed E-state index contributed by atoms with van der Waals surface area (Å²) in [6, 6.07) is 3.82. The number of amides is 1. The Bertz CT molecular complexity index is 820. The summed E-state index contributed by atoms with van der Waals surface area (Å²) >= 11 is 0. The number of aliphatic carboxylic acids is 2. The first-order valence-electron chi connectivity index (χ1n) is 8.46. The first-order valence-corrected chi connectivity index (χ1v) is 9.90. The molecule has 1 aromatic rings. The normalized spacial score (nSPS) is 18.8. The smallest absolute Gasteiger partial charge is 0.326 e. The molecule has 1 aromatic carbocycles. The average molecular weight is 398 g/mol. The lowest BCUT2D eigenvalue weighted by atomic mass is 10.1. The van der Waals surface area contributed by atoms with Crippen LogP contribution in [0.1, 0.15) is 31.2 Å². The van der Waals surface area contributed by atoms with Gasteiger partial charge in [-0.05, 0) is 38.3 Å². The largest absolute Gasteiger partial charge is 0.481 e. The van der Waals surface area contributed by atoms with Crippen LogP contribution < -0.4 is 5.32 Å². The summed E-state index contributed by atoms with van der Waals surface area (Å²) in [5, 5.41) is 20.1. The van der Waals surface area contributed by atoms with Gasteiger partial charge in [-0.2, -0.15) is 4.31 Å². The van der Waals surface area contributed by atoms with Gasteiger partial charge in [-0.1, -0.05) is 17.7 Å². The molecule has 0 saturated carbocycles. The van der Waals surface area contributed by atoms with Crippen LogP contribution in [0.3, 0.4) is 0 Å². The molecule has 0 unspecified atom stereocenters. The lowest BCUT2D eigenvalue weighted by Crippen LogP contribution is -2.50. The fourth-order valence-corrected chi connectivity index (χ4v) is 4.59. The van der Waals surface area contributed by atoms with Crippen LogP contribution >= 0.6 is 0 Å². The number of carbonyl (C=O) groups excluding carboxylic acids is 1. The maximum absolute atomic E-state index is 12.8. The molecule has 0 bridgehead atoms. The molecule has 1 fully saturated rings. The average Bonchev–Trinajstić information content (AvgIpc) is 3.09. The number of hydrogen-bond acceptors (Lipinski definition) is 5. The highest BCUT2D eigenvalue weighted by Gasteiger charge is 2.40. The van der Waals surface area contributed by atoms with Gasteiger partial charge in [-0.25, -0.2) is 13.2 Å². The van der Waals surface area contributed by atoms with Crippen LogP contribution in [0.25, 0.3) is 0 Å². The van der Waals surface area contributed by atoms with Gasteiger partial charge < -0.3 is 15.5 Å². The van der Waals surface area contributed by atoms with Gasteiger partial charge in [0.1, 0.15) is 12.1 Å². The van der Waals surface area contributed by atoms with Crippen LogP contribution in [0.2, 0.25) is 0 Å². The molecule has 10 heteroatoms. The minimum atomic E-state index is -3.90. The number of rotatable bonds is 8. The molecule has 2 atom stereocenters.